The Morgan fingerprint density at radius 3 is 2.63 bits per heavy atom. The summed E-state index contributed by atoms with van der Waals surface area (Å²) in [5.41, 5.74) is 0.926. The van der Waals surface area contributed by atoms with Crippen LogP contribution in [0.4, 0.5) is 4.39 Å². The second-order valence-electron chi connectivity index (χ2n) is 8.28. The highest BCUT2D eigenvalue weighted by Crippen LogP contribution is 2.41. The van der Waals surface area contributed by atoms with Crippen molar-refractivity contribution in [2.24, 2.45) is 0 Å². The van der Waals surface area contributed by atoms with Gasteiger partial charge < -0.3 is 24.3 Å². The summed E-state index contributed by atoms with van der Waals surface area (Å²) >= 11 is 0. The number of carbonyl (C=O) groups is 3. The molecule has 35 heavy (non-hydrogen) atoms. The number of amides is 1. The van der Waals surface area contributed by atoms with Gasteiger partial charge in [-0.1, -0.05) is 18.2 Å². The zero-order chi connectivity index (χ0) is 25.3. The Bertz CT molecular complexity index is 1330. The summed E-state index contributed by atoms with van der Waals surface area (Å²) in [6, 6.07) is 4.70. The van der Waals surface area contributed by atoms with Crippen LogP contribution in [0.15, 0.2) is 48.6 Å². The number of aliphatic hydroxyl groups is 1. The number of aryl methyl sites for hydroxylation is 2. The average Bonchev–Trinajstić information content (AvgIpc) is 3.52. The van der Waals surface area contributed by atoms with Crippen molar-refractivity contribution in [3.05, 3.63) is 82.5 Å². The van der Waals surface area contributed by atoms with Gasteiger partial charge in [-0.2, -0.15) is 0 Å². The number of hydrogen-bond acceptors (Lipinski definition) is 6. The summed E-state index contributed by atoms with van der Waals surface area (Å²) in [6.45, 7) is 3.89. The van der Waals surface area contributed by atoms with Gasteiger partial charge in [0, 0.05) is 42.3 Å². The van der Waals surface area contributed by atoms with E-state index in [1.165, 1.54) is 30.2 Å². The molecule has 182 valence electrons. The number of benzene rings is 1. The molecule has 0 saturated carbocycles. The number of nitrogens with one attached hydrogen (secondary N) is 1. The number of imidazole rings is 1. The van der Waals surface area contributed by atoms with E-state index >= 15 is 0 Å². The van der Waals surface area contributed by atoms with Gasteiger partial charge in [0.15, 0.2) is 0 Å². The number of hydrogen-bond donors (Lipinski definition) is 2. The first-order valence-corrected chi connectivity index (χ1v) is 11.0. The minimum Gasteiger partial charge on any atom is -0.507 e. The number of ether oxygens (including phenoxy) is 1. The zero-order valence-electron chi connectivity index (χ0n) is 19.5. The molecule has 0 spiro atoms. The van der Waals surface area contributed by atoms with Crippen LogP contribution in [0, 0.1) is 19.7 Å². The molecule has 3 aromatic rings. The van der Waals surface area contributed by atoms with Gasteiger partial charge in [-0.15, -0.1) is 0 Å². The molecule has 0 bridgehead atoms. The van der Waals surface area contributed by atoms with Crippen LogP contribution in [0.2, 0.25) is 0 Å². The van der Waals surface area contributed by atoms with E-state index in [1.807, 2.05) is 4.57 Å². The summed E-state index contributed by atoms with van der Waals surface area (Å²) in [5.74, 6) is -3.48. The fraction of sp³-hybridized carbons (Fsp3) is 0.280. The zero-order valence-corrected chi connectivity index (χ0v) is 19.5. The van der Waals surface area contributed by atoms with Crippen molar-refractivity contribution >= 4 is 23.4 Å². The van der Waals surface area contributed by atoms with E-state index in [9.17, 15) is 23.9 Å². The first-order valence-electron chi connectivity index (χ1n) is 11.0. The van der Waals surface area contributed by atoms with E-state index in [-0.39, 0.29) is 28.9 Å². The maximum absolute atomic E-state index is 14.9. The van der Waals surface area contributed by atoms with Gasteiger partial charge in [0.1, 0.15) is 17.3 Å². The monoisotopic (exact) mass is 480 g/mol. The molecule has 1 aliphatic rings. The molecular formula is C25H25FN4O5. The number of aromatic amines is 1. The summed E-state index contributed by atoms with van der Waals surface area (Å²) in [7, 11) is 1.23. The topological polar surface area (TPSA) is 118 Å². The number of esters is 1. The Kier molecular flexibility index (Phi) is 6.54. The van der Waals surface area contributed by atoms with E-state index in [0.29, 0.717) is 24.2 Å². The Labute approximate surface area is 200 Å². The lowest BCUT2D eigenvalue weighted by molar-refractivity contribution is -0.140. The summed E-state index contributed by atoms with van der Waals surface area (Å²) < 4.78 is 21.5. The Morgan fingerprint density at radius 2 is 1.97 bits per heavy atom. The first kappa shape index (κ1) is 23.9. The second-order valence-corrected chi connectivity index (χ2v) is 8.28. The van der Waals surface area contributed by atoms with Gasteiger partial charge in [0.25, 0.3) is 11.7 Å². The molecule has 3 heterocycles. The summed E-state index contributed by atoms with van der Waals surface area (Å²) in [4.78, 5) is 46.5. The number of halogens is 1. The molecule has 0 radical (unpaired) electrons. The third kappa shape index (κ3) is 4.23. The van der Waals surface area contributed by atoms with Crippen molar-refractivity contribution < 1.29 is 28.6 Å². The molecule has 2 N–H and O–H groups in total. The third-order valence-electron chi connectivity index (χ3n) is 6.18. The van der Waals surface area contributed by atoms with E-state index in [2.05, 4.69) is 9.97 Å². The molecule has 2 aromatic heterocycles. The lowest BCUT2D eigenvalue weighted by atomic mass is 9.93. The van der Waals surface area contributed by atoms with Crippen molar-refractivity contribution in [3.63, 3.8) is 0 Å². The average molecular weight is 480 g/mol. The molecule has 0 aliphatic carbocycles. The van der Waals surface area contributed by atoms with E-state index in [4.69, 9.17) is 4.74 Å². The Hall–Kier alpha value is -4.21. The van der Waals surface area contributed by atoms with Crippen molar-refractivity contribution in [1.29, 1.82) is 0 Å². The molecule has 9 nitrogen and oxygen atoms in total. The van der Waals surface area contributed by atoms with Crippen LogP contribution >= 0.6 is 0 Å². The molecule has 1 aliphatic heterocycles. The van der Waals surface area contributed by atoms with Gasteiger partial charge in [-0.25, -0.2) is 14.2 Å². The minimum atomic E-state index is -1.13. The molecule has 1 saturated heterocycles. The van der Waals surface area contributed by atoms with Crippen LogP contribution in [0.1, 0.15) is 45.3 Å². The second kappa shape index (κ2) is 9.57. The maximum atomic E-state index is 14.9. The van der Waals surface area contributed by atoms with Crippen LogP contribution in [0.3, 0.4) is 0 Å². The summed E-state index contributed by atoms with van der Waals surface area (Å²) in [6.07, 6.45) is 5.52. The van der Waals surface area contributed by atoms with Crippen LogP contribution < -0.4 is 0 Å². The highest BCUT2D eigenvalue weighted by Gasteiger charge is 2.47. The van der Waals surface area contributed by atoms with Crippen LogP contribution in [-0.2, 0) is 20.9 Å². The van der Waals surface area contributed by atoms with Gasteiger partial charge in [-0.3, -0.25) is 9.59 Å². The number of aliphatic hydroxyl groups excluding tert-OH is 1. The van der Waals surface area contributed by atoms with Crippen LogP contribution in [0.25, 0.3) is 5.76 Å². The smallest absolute Gasteiger partial charge is 0.354 e. The van der Waals surface area contributed by atoms with Crippen LogP contribution in [-0.4, -0.2) is 55.9 Å². The van der Waals surface area contributed by atoms with Crippen molar-refractivity contribution in [2.45, 2.75) is 32.9 Å². The SMILES string of the molecule is COC(=O)c1[nH]c(C)c(C(O)=C2C(=O)C(=O)N(CCCn3ccnc3)[C@@H]2c2ccccc2F)c1C. The summed E-state index contributed by atoms with van der Waals surface area (Å²) in [5, 5.41) is 11.3. The number of ketones is 1. The lowest BCUT2D eigenvalue weighted by Crippen LogP contribution is -2.31. The highest BCUT2D eigenvalue weighted by atomic mass is 19.1. The molecular weight excluding hydrogens is 455 g/mol. The van der Waals surface area contributed by atoms with Gasteiger partial charge in [0.2, 0.25) is 0 Å². The predicted molar refractivity (Wildman–Crippen MR) is 124 cm³/mol. The van der Waals surface area contributed by atoms with Gasteiger partial charge in [-0.05, 0) is 31.9 Å². The number of methoxy groups -OCH3 is 1. The Morgan fingerprint density at radius 1 is 1.23 bits per heavy atom. The van der Waals surface area contributed by atoms with Crippen molar-refractivity contribution in [2.75, 3.05) is 13.7 Å². The predicted octanol–water partition coefficient (Wildman–Crippen LogP) is 3.27. The van der Waals surface area contributed by atoms with Gasteiger partial charge >= 0.3 is 5.97 Å². The number of carbonyl (C=O) groups excluding carboxylic acids is 3. The number of rotatable bonds is 7. The fourth-order valence-corrected chi connectivity index (χ4v) is 4.52. The van der Waals surface area contributed by atoms with Crippen LogP contribution in [0.5, 0.6) is 0 Å². The minimum absolute atomic E-state index is 0.0925. The van der Waals surface area contributed by atoms with E-state index < -0.39 is 35.3 Å². The molecule has 10 heteroatoms. The van der Waals surface area contributed by atoms with Gasteiger partial charge in [0.05, 0.1) is 25.1 Å². The number of Topliss-reactive ketones (excluding diaryl/α,β-unsaturated/α-hetero) is 1. The Balaban J connectivity index is 1.81. The molecule has 0 unspecified atom stereocenters. The highest BCUT2D eigenvalue weighted by molar-refractivity contribution is 6.46. The lowest BCUT2D eigenvalue weighted by Gasteiger charge is -2.25. The normalized spacial score (nSPS) is 17.3. The third-order valence-corrected chi connectivity index (χ3v) is 6.18. The number of H-pyrrole nitrogens is 1. The quantitative estimate of drug-likeness (QED) is 0.232. The molecule has 1 fully saturated rings. The molecule has 4 rings (SSSR count). The number of aromatic nitrogens is 3. The molecule has 1 aromatic carbocycles. The molecule has 1 atom stereocenters. The fourth-order valence-electron chi connectivity index (χ4n) is 4.52. The van der Waals surface area contributed by atoms with Crippen molar-refractivity contribution in [3.8, 4) is 0 Å². The first-order chi connectivity index (χ1) is 16.8. The number of likely N-dealkylation sites (tertiary alicyclic amines) is 1. The largest absolute Gasteiger partial charge is 0.507 e. The van der Waals surface area contributed by atoms with Crippen molar-refractivity contribution in [1.82, 2.24) is 19.4 Å². The molecule has 1 amide bonds. The standard InChI is InChI=1S/C25H25FN4O5/c1-14-18(15(2)28-20(14)25(34)35-3)22(31)19-21(16-7-4-5-8-17(16)26)30(24(33)23(19)32)11-6-10-29-12-9-27-13-29/h4-5,7-9,12-13,21,28,31H,6,10-11H2,1-3H3/t21-/m1/s1. The number of nitrogens with zero attached hydrogens (tertiary/aromatic N) is 3. The maximum Gasteiger partial charge on any atom is 0.354 e. The van der Waals surface area contributed by atoms with E-state index in [1.54, 1.807) is 38.6 Å². The van der Waals surface area contributed by atoms with E-state index in [0.717, 1.165) is 0 Å².